The topological polar surface area (TPSA) is 35.2 Å². The molecule has 0 aliphatic heterocycles. The van der Waals surface area contributed by atoms with Crippen molar-refractivity contribution in [2.24, 2.45) is 5.73 Å². The number of benzene rings is 1. The van der Waals surface area contributed by atoms with Crippen LogP contribution in [0, 0.1) is 5.82 Å². The van der Waals surface area contributed by atoms with Crippen LogP contribution in [-0.2, 0) is 17.8 Å². The monoisotopic (exact) mass is 209 g/mol. The third kappa shape index (κ3) is 2.55. The molecule has 0 bridgehead atoms. The maximum Gasteiger partial charge on any atom is 0.126 e. The smallest absolute Gasteiger partial charge is 0.126 e. The Balaban J connectivity index is 2.16. The van der Waals surface area contributed by atoms with Crippen LogP contribution in [0.15, 0.2) is 18.2 Å². The highest BCUT2D eigenvalue weighted by Gasteiger charge is 2.38. The van der Waals surface area contributed by atoms with E-state index < -0.39 is 0 Å². The van der Waals surface area contributed by atoms with E-state index in [0.717, 1.165) is 18.4 Å². The molecule has 0 heterocycles. The van der Waals surface area contributed by atoms with E-state index in [0.29, 0.717) is 18.6 Å². The standard InChI is InChI=1S/C12H16FNO/c1-15-8-9-2-3-11(13)10(6-9)7-12(14)4-5-12/h2-3,6H,4-5,7-8,14H2,1H3. The van der Waals surface area contributed by atoms with Crippen molar-refractivity contribution < 1.29 is 9.13 Å². The Bertz CT molecular complexity index is 361. The van der Waals surface area contributed by atoms with E-state index in [2.05, 4.69) is 0 Å². The van der Waals surface area contributed by atoms with Gasteiger partial charge in [-0.25, -0.2) is 4.39 Å². The predicted octanol–water partition coefficient (Wildman–Crippen LogP) is 2.01. The highest BCUT2D eigenvalue weighted by Crippen LogP contribution is 2.36. The number of ether oxygens (including phenoxy) is 1. The first-order chi connectivity index (χ1) is 7.13. The van der Waals surface area contributed by atoms with Crippen molar-refractivity contribution in [2.45, 2.75) is 31.4 Å². The number of hydrogen-bond donors (Lipinski definition) is 1. The minimum absolute atomic E-state index is 0.146. The Morgan fingerprint density at radius 1 is 1.47 bits per heavy atom. The molecule has 1 aromatic carbocycles. The van der Waals surface area contributed by atoms with Gasteiger partial charge in [0.2, 0.25) is 0 Å². The molecule has 1 saturated carbocycles. The highest BCUT2D eigenvalue weighted by atomic mass is 19.1. The molecule has 1 aliphatic rings. The average Bonchev–Trinajstić information content (AvgIpc) is 2.90. The molecule has 2 rings (SSSR count). The van der Waals surface area contributed by atoms with Crippen LogP contribution in [0.2, 0.25) is 0 Å². The molecule has 0 saturated heterocycles. The number of methoxy groups -OCH3 is 1. The maximum atomic E-state index is 13.5. The molecule has 3 heteroatoms. The Morgan fingerprint density at radius 2 is 2.20 bits per heavy atom. The molecule has 0 atom stereocenters. The van der Waals surface area contributed by atoms with Crippen molar-refractivity contribution >= 4 is 0 Å². The Kier molecular flexibility index (Phi) is 2.76. The second-order valence-corrected chi connectivity index (χ2v) is 4.40. The van der Waals surface area contributed by atoms with Crippen LogP contribution < -0.4 is 5.73 Å². The number of nitrogens with two attached hydrogens (primary N) is 1. The molecule has 15 heavy (non-hydrogen) atoms. The quantitative estimate of drug-likeness (QED) is 0.823. The summed E-state index contributed by atoms with van der Waals surface area (Å²) in [4.78, 5) is 0. The van der Waals surface area contributed by atoms with Crippen LogP contribution in [0.5, 0.6) is 0 Å². The van der Waals surface area contributed by atoms with Crippen molar-refractivity contribution in [3.63, 3.8) is 0 Å². The van der Waals surface area contributed by atoms with Gasteiger partial charge in [-0.1, -0.05) is 12.1 Å². The zero-order valence-corrected chi connectivity index (χ0v) is 8.92. The molecule has 0 radical (unpaired) electrons. The first-order valence-corrected chi connectivity index (χ1v) is 5.18. The second-order valence-electron chi connectivity index (χ2n) is 4.40. The summed E-state index contributed by atoms with van der Waals surface area (Å²) in [6.07, 6.45) is 2.64. The summed E-state index contributed by atoms with van der Waals surface area (Å²) in [5.74, 6) is -0.161. The lowest BCUT2D eigenvalue weighted by Crippen LogP contribution is -2.25. The minimum Gasteiger partial charge on any atom is -0.380 e. The first-order valence-electron chi connectivity index (χ1n) is 5.18. The Labute approximate surface area is 89.2 Å². The molecule has 1 fully saturated rings. The van der Waals surface area contributed by atoms with Gasteiger partial charge in [0.1, 0.15) is 5.82 Å². The van der Waals surface area contributed by atoms with Gasteiger partial charge in [0.15, 0.2) is 0 Å². The third-order valence-corrected chi connectivity index (χ3v) is 2.86. The van der Waals surface area contributed by atoms with E-state index in [1.54, 1.807) is 13.2 Å². The summed E-state index contributed by atoms with van der Waals surface area (Å²) in [5, 5.41) is 0. The summed E-state index contributed by atoms with van der Waals surface area (Å²) in [6, 6.07) is 5.10. The van der Waals surface area contributed by atoms with E-state index in [-0.39, 0.29) is 11.4 Å². The van der Waals surface area contributed by atoms with Crippen LogP contribution in [0.4, 0.5) is 4.39 Å². The lowest BCUT2D eigenvalue weighted by Gasteiger charge is -2.10. The van der Waals surface area contributed by atoms with Crippen LogP contribution in [0.3, 0.4) is 0 Å². The normalized spacial score (nSPS) is 17.8. The fourth-order valence-electron chi connectivity index (χ4n) is 1.74. The van der Waals surface area contributed by atoms with Crippen molar-refractivity contribution in [3.8, 4) is 0 Å². The zero-order valence-electron chi connectivity index (χ0n) is 8.92. The fourth-order valence-corrected chi connectivity index (χ4v) is 1.74. The SMILES string of the molecule is COCc1ccc(F)c(CC2(N)CC2)c1. The molecular formula is C12H16FNO. The molecule has 82 valence electrons. The molecule has 0 unspecified atom stereocenters. The molecule has 0 spiro atoms. The summed E-state index contributed by atoms with van der Waals surface area (Å²) < 4.78 is 18.5. The van der Waals surface area contributed by atoms with E-state index in [4.69, 9.17) is 10.5 Å². The lowest BCUT2D eigenvalue weighted by molar-refractivity contribution is 0.184. The summed E-state index contributed by atoms with van der Waals surface area (Å²) in [5.41, 5.74) is 7.54. The Hall–Kier alpha value is -0.930. The van der Waals surface area contributed by atoms with Gasteiger partial charge in [0.25, 0.3) is 0 Å². The zero-order chi connectivity index (χ0) is 10.9. The Morgan fingerprint density at radius 3 is 2.80 bits per heavy atom. The summed E-state index contributed by atoms with van der Waals surface area (Å²) in [7, 11) is 1.63. The molecule has 0 amide bonds. The van der Waals surface area contributed by atoms with Gasteiger partial charge in [-0.05, 0) is 36.5 Å². The molecule has 0 aromatic heterocycles. The van der Waals surface area contributed by atoms with Crippen LogP contribution in [0.25, 0.3) is 0 Å². The largest absolute Gasteiger partial charge is 0.380 e. The highest BCUT2D eigenvalue weighted by molar-refractivity contribution is 5.27. The lowest BCUT2D eigenvalue weighted by atomic mass is 10.0. The number of halogens is 1. The van der Waals surface area contributed by atoms with Gasteiger partial charge in [-0.15, -0.1) is 0 Å². The van der Waals surface area contributed by atoms with Crippen LogP contribution in [0.1, 0.15) is 24.0 Å². The van der Waals surface area contributed by atoms with Gasteiger partial charge in [0, 0.05) is 12.6 Å². The fraction of sp³-hybridized carbons (Fsp3) is 0.500. The van der Waals surface area contributed by atoms with Crippen molar-refractivity contribution in [1.82, 2.24) is 0 Å². The van der Waals surface area contributed by atoms with E-state index >= 15 is 0 Å². The van der Waals surface area contributed by atoms with E-state index in [9.17, 15) is 4.39 Å². The molecule has 2 nitrogen and oxygen atoms in total. The van der Waals surface area contributed by atoms with Crippen molar-refractivity contribution in [2.75, 3.05) is 7.11 Å². The minimum atomic E-state index is -0.161. The molecule has 1 aliphatic carbocycles. The number of rotatable bonds is 4. The van der Waals surface area contributed by atoms with Crippen LogP contribution in [-0.4, -0.2) is 12.6 Å². The second kappa shape index (κ2) is 3.91. The maximum absolute atomic E-state index is 13.5. The molecule has 1 aromatic rings. The summed E-state index contributed by atoms with van der Waals surface area (Å²) in [6.45, 7) is 0.519. The average molecular weight is 209 g/mol. The molecular weight excluding hydrogens is 193 g/mol. The third-order valence-electron chi connectivity index (χ3n) is 2.86. The van der Waals surface area contributed by atoms with Gasteiger partial charge in [-0.2, -0.15) is 0 Å². The van der Waals surface area contributed by atoms with Crippen molar-refractivity contribution in [3.05, 3.63) is 35.1 Å². The number of hydrogen-bond acceptors (Lipinski definition) is 2. The van der Waals surface area contributed by atoms with Gasteiger partial charge >= 0.3 is 0 Å². The van der Waals surface area contributed by atoms with Gasteiger partial charge in [-0.3, -0.25) is 0 Å². The first kappa shape index (κ1) is 10.6. The van der Waals surface area contributed by atoms with Gasteiger partial charge in [0.05, 0.1) is 6.61 Å². The summed E-state index contributed by atoms with van der Waals surface area (Å²) >= 11 is 0. The van der Waals surface area contributed by atoms with Gasteiger partial charge < -0.3 is 10.5 Å². The van der Waals surface area contributed by atoms with Crippen molar-refractivity contribution in [1.29, 1.82) is 0 Å². The predicted molar refractivity (Wildman–Crippen MR) is 57.0 cm³/mol. The van der Waals surface area contributed by atoms with Crippen LogP contribution >= 0.6 is 0 Å². The van der Waals surface area contributed by atoms with E-state index in [1.807, 2.05) is 6.07 Å². The van der Waals surface area contributed by atoms with E-state index in [1.165, 1.54) is 6.07 Å². The molecule has 2 N–H and O–H groups in total.